The lowest BCUT2D eigenvalue weighted by Gasteiger charge is -2.12. The van der Waals surface area contributed by atoms with Crippen LogP contribution in [0, 0.1) is 0 Å². The lowest BCUT2D eigenvalue weighted by atomic mass is 9.91. The smallest absolute Gasteiger partial charge is 0.164 e. The topological polar surface area (TPSA) is 38.7 Å². The van der Waals surface area contributed by atoms with Gasteiger partial charge < -0.3 is 0 Å². The second-order valence-corrected chi connectivity index (χ2v) is 12.4. The lowest BCUT2D eigenvalue weighted by molar-refractivity contribution is 1.07. The molecule has 0 amide bonds. The van der Waals surface area contributed by atoms with E-state index in [2.05, 4.69) is 69.5 Å². The van der Waals surface area contributed by atoms with Crippen LogP contribution in [0.1, 0.15) is 13.7 Å². The summed E-state index contributed by atoms with van der Waals surface area (Å²) in [5.74, 6) is -0.591. The maximum absolute atomic E-state index is 8.66. The molecule has 3 nitrogen and oxygen atoms in total. The number of nitrogens with zero attached hydrogens (tertiary/aromatic N) is 3. The maximum Gasteiger partial charge on any atom is 0.164 e. The van der Waals surface area contributed by atoms with Crippen molar-refractivity contribution < 1.29 is 13.7 Å². The van der Waals surface area contributed by atoms with Gasteiger partial charge in [-0.3, -0.25) is 0 Å². The Balaban J connectivity index is 1.25. The summed E-state index contributed by atoms with van der Waals surface area (Å²) in [5, 5.41) is 2.03. The monoisotopic (exact) mass is 653 g/mol. The highest BCUT2D eigenvalue weighted by atomic mass is 32.1. The van der Waals surface area contributed by atoms with Gasteiger partial charge in [-0.25, -0.2) is 15.0 Å². The number of thiophene rings is 1. The molecule has 7 aromatic carbocycles. The van der Waals surface area contributed by atoms with Gasteiger partial charge in [0.15, 0.2) is 17.5 Å². The van der Waals surface area contributed by atoms with Crippen LogP contribution in [-0.2, 0) is 0 Å². The highest BCUT2D eigenvalue weighted by molar-refractivity contribution is 7.26. The fourth-order valence-corrected chi connectivity index (χ4v) is 7.21. The third kappa shape index (κ3) is 5.58. The van der Waals surface area contributed by atoms with Crippen LogP contribution < -0.4 is 0 Å². The highest BCUT2D eigenvalue weighted by Gasteiger charge is 2.17. The molecule has 2 aromatic heterocycles. The molecule has 0 spiro atoms. The van der Waals surface area contributed by atoms with Crippen LogP contribution in [0.4, 0.5) is 0 Å². The van der Waals surface area contributed by atoms with E-state index < -0.39 is 60.4 Å². The Kier molecular flexibility index (Phi) is 5.12. The van der Waals surface area contributed by atoms with Gasteiger partial charge in [0.25, 0.3) is 0 Å². The van der Waals surface area contributed by atoms with E-state index in [1.54, 1.807) is 11.3 Å². The summed E-state index contributed by atoms with van der Waals surface area (Å²) < 4.78 is 86.0. The van der Waals surface area contributed by atoms with Crippen molar-refractivity contribution in [2.75, 3.05) is 0 Å². The minimum absolute atomic E-state index is 0.0197. The fourth-order valence-electron chi connectivity index (χ4n) is 6.04. The van der Waals surface area contributed by atoms with Gasteiger partial charge in [-0.15, -0.1) is 11.3 Å². The Labute approximate surface area is 302 Å². The van der Waals surface area contributed by atoms with E-state index in [9.17, 15) is 0 Å². The largest absolute Gasteiger partial charge is 0.208 e. The molecule has 0 atom stereocenters. The summed E-state index contributed by atoms with van der Waals surface area (Å²) in [4.78, 5) is 13.6. The summed E-state index contributed by atoms with van der Waals surface area (Å²) in [6.07, 6.45) is 0. The lowest BCUT2D eigenvalue weighted by Crippen LogP contribution is -1.99. The number of aromatic nitrogens is 3. The van der Waals surface area contributed by atoms with Crippen LogP contribution in [0.2, 0.25) is 0 Å². The van der Waals surface area contributed by atoms with Gasteiger partial charge in [-0.05, 0) is 63.7 Å². The molecule has 9 rings (SSSR count). The van der Waals surface area contributed by atoms with Gasteiger partial charge in [-0.2, -0.15) is 0 Å². The van der Waals surface area contributed by atoms with Crippen molar-refractivity contribution in [2.24, 2.45) is 0 Å². The highest BCUT2D eigenvalue weighted by Crippen LogP contribution is 2.43. The fraction of sp³-hybridized carbons (Fsp3) is 0. The zero-order chi connectivity index (χ0) is 41.3. The number of rotatable bonds is 6. The second kappa shape index (κ2) is 12.4. The van der Waals surface area contributed by atoms with Gasteiger partial charge in [0, 0.05) is 36.9 Å². The number of hydrogen-bond donors (Lipinski definition) is 0. The molecule has 0 saturated carbocycles. The van der Waals surface area contributed by atoms with E-state index in [1.807, 2.05) is 60.7 Å². The van der Waals surface area contributed by atoms with E-state index in [0.717, 1.165) is 53.6 Å². The molecule has 0 N–H and O–H groups in total. The van der Waals surface area contributed by atoms with Gasteiger partial charge in [0.1, 0.15) is 0 Å². The Bertz CT molecular complexity index is 2970. The van der Waals surface area contributed by atoms with Crippen LogP contribution in [0.3, 0.4) is 0 Å². The van der Waals surface area contributed by atoms with Crippen LogP contribution in [0.25, 0.3) is 87.7 Å². The third-order valence-electron chi connectivity index (χ3n) is 8.30. The Morgan fingerprint density at radius 3 is 1.49 bits per heavy atom. The molecule has 49 heavy (non-hydrogen) atoms. The van der Waals surface area contributed by atoms with Gasteiger partial charge in [0.2, 0.25) is 0 Å². The molecule has 0 saturated heterocycles. The Morgan fingerprint density at radius 1 is 0.388 bits per heavy atom. The summed E-state index contributed by atoms with van der Waals surface area (Å²) in [7, 11) is 0. The quantitative estimate of drug-likeness (QED) is 0.179. The normalized spacial score (nSPS) is 14.1. The average molecular weight is 654 g/mol. The zero-order valence-electron chi connectivity index (χ0n) is 35.7. The van der Waals surface area contributed by atoms with Crippen molar-refractivity contribution in [3.8, 4) is 67.5 Å². The second-order valence-electron chi connectivity index (χ2n) is 11.3. The first-order valence-electron chi connectivity index (χ1n) is 20.5. The molecule has 0 aliphatic carbocycles. The summed E-state index contributed by atoms with van der Waals surface area (Å²) in [6, 6.07) is 33.2. The van der Waals surface area contributed by atoms with Crippen molar-refractivity contribution in [3.63, 3.8) is 0 Å². The first-order chi connectivity index (χ1) is 28.4. The molecule has 0 bridgehead atoms. The molecule has 0 aliphatic heterocycles. The van der Waals surface area contributed by atoms with Crippen molar-refractivity contribution in [3.05, 3.63) is 176 Å². The number of fused-ring (bicyclic) bond motifs is 3. The van der Waals surface area contributed by atoms with Gasteiger partial charge in [-0.1, -0.05) is 145 Å². The van der Waals surface area contributed by atoms with E-state index in [4.69, 9.17) is 13.7 Å². The Hall–Kier alpha value is -6.23. The molecule has 0 aliphatic rings. The molecular weight excluding hydrogens is 615 g/mol. The number of benzene rings is 7. The standard InChI is InChI=1S/C45H29N3S/c1-5-14-30(15-6-1)35-26-36(31-16-7-2-8-17-31)28-37(27-35)38-22-13-23-40-42(38)39-25-24-34(29-41(39)49-40)45-47-43(32-18-9-3-10-19-32)46-44(48-45)33-20-11-4-12-21-33/h1-29H/i3D,4D,9D,10D,11D,12D,18D,19D,20D,21D. The van der Waals surface area contributed by atoms with Crippen molar-refractivity contribution in [1.82, 2.24) is 15.0 Å². The number of hydrogen-bond acceptors (Lipinski definition) is 4. The van der Waals surface area contributed by atoms with Crippen LogP contribution in [0.5, 0.6) is 0 Å². The first kappa shape index (κ1) is 20.2. The van der Waals surface area contributed by atoms with Gasteiger partial charge >= 0.3 is 0 Å². The molecule has 0 radical (unpaired) electrons. The van der Waals surface area contributed by atoms with Crippen LogP contribution >= 0.6 is 11.3 Å². The zero-order valence-corrected chi connectivity index (χ0v) is 26.5. The van der Waals surface area contributed by atoms with Crippen molar-refractivity contribution >= 4 is 31.5 Å². The van der Waals surface area contributed by atoms with Crippen molar-refractivity contribution in [1.29, 1.82) is 0 Å². The van der Waals surface area contributed by atoms with Crippen molar-refractivity contribution in [2.45, 2.75) is 0 Å². The minimum atomic E-state index is -0.597. The van der Waals surface area contributed by atoms with Gasteiger partial charge in [0.05, 0.1) is 13.7 Å². The first-order valence-corrected chi connectivity index (χ1v) is 16.4. The third-order valence-corrected chi connectivity index (χ3v) is 9.41. The predicted molar refractivity (Wildman–Crippen MR) is 205 cm³/mol. The van der Waals surface area contributed by atoms with E-state index in [-0.39, 0.29) is 28.6 Å². The summed E-state index contributed by atoms with van der Waals surface area (Å²) in [5.41, 5.74) is 6.31. The Morgan fingerprint density at radius 2 is 0.918 bits per heavy atom. The van der Waals surface area contributed by atoms with E-state index in [1.165, 1.54) is 0 Å². The molecular formula is C45H29N3S. The summed E-state index contributed by atoms with van der Waals surface area (Å²) >= 11 is 1.57. The molecule has 0 fully saturated rings. The molecule has 9 aromatic rings. The van der Waals surface area contributed by atoms with E-state index >= 15 is 0 Å². The summed E-state index contributed by atoms with van der Waals surface area (Å²) in [6.45, 7) is 0. The van der Waals surface area contributed by atoms with E-state index in [0.29, 0.717) is 5.56 Å². The predicted octanol–water partition coefficient (Wildman–Crippen LogP) is 12.2. The molecule has 230 valence electrons. The van der Waals surface area contributed by atoms with Crippen LogP contribution in [0.15, 0.2) is 176 Å². The maximum atomic E-state index is 8.66. The average Bonchev–Trinajstić information content (AvgIpc) is 3.65. The minimum Gasteiger partial charge on any atom is -0.208 e. The van der Waals surface area contributed by atoms with Crippen LogP contribution in [-0.4, -0.2) is 15.0 Å². The molecule has 0 unspecified atom stereocenters. The molecule has 4 heteroatoms. The molecule has 2 heterocycles. The SMILES string of the molecule is [2H]c1c([2H])c([2H])c(-c2nc(-c3ccc4c(c3)sc3cccc(-c5cc(-c6ccccc6)cc(-c6ccccc6)c5)c34)nc(-c3c([2H])c([2H])c([2H])c([2H])c3[2H])n2)c([2H])c1[2H].